The van der Waals surface area contributed by atoms with Gasteiger partial charge in [0.15, 0.2) is 0 Å². The Labute approximate surface area is 101 Å². The van der Waals surface area contributed by atoms with Crippen LogP contribution in [0.2, 0.25) is 0 Å². The zero-order valence-corrected chi connectivity index (χ0v) is 9.80. The monoisotopic (exact) mass is 228 g/mol. The van der Waals surface area contributed by atoms with Gasteiger partial charge in [0.05, 0.1) is 6.04 Å². The Balaban J connectivity index is 2.39. The molecule has 0 amide bonds. The van der Waals surface area contributed by atoms with Gasteiger partial charge >= 0.3 is 0 Å². The zero-order valence-electron chi connectivity index (χ0n) is 9.80. The third-order valence-corrected chi connectivity index (χ3v) is 2.61. The van der Waals surface area contributed by atoms with E-state index in [0.717, 1.165) is 17.7 Å². The van der Waals surface area contributed by atoms with Crippen molar-refractivity contribution in [1.82, 2.24) is 15.3 Å². The number of hydrogen-bond acceptors (Lipinski definition) is 4. The lowest BCUT2D eigenvalue weighted by molar-refractivity contribution is 0.628. The Hall–Kier alpha value is -1.94. The first-order valence-corrected chi connectivity index (χ1v) is 5.66. The van der Waals surface area contributed by atoms with Crippen LogP contribution < -0.4 is 11.1 Å². The number of nitrogens with one attached hydrogen (secondary N) is 1. The molecule has 0 spiro atoms. The number of pyridine rings is 2. The van der Waals surface area contributed by atoms with Gasteiger partial charge in [0, 0.05) is 24.2 Å². The average Bonchev–Trinajstić information content (AvgIpc) is 2.38. The topological polar surface area (TPSA) is 63.8 Å². The van der Waals surface area contributed by atoms with E-state index in [9.17, 15) is 0 Å². The second-order valence-electron chi connectivity index (χ2n) is 3.75. The van der Waals surface area contributed by atoms with Gasteiger partial charge in [-0.1, -0.05) is 19.1 Å². The fourth-order valence-electron chi connectivity index (χ4n) is 1.83. The molecule has 0 aliphatic rings. The lowest BCUT2D eigenvalue weighted by atomic mass is 10.0. The Morgan fingerprint density at radius 3 is 2.76 bits per heavy atom. The second-order valence-corrected chi connectivity index (χ2v) is 3.75. The maximum absolute atomic E-state index is 5.92. The van der Waals surface area contributed by atoms with Crippen molar-refractivity contribution >= 4 is 5.82 Å². The van der Waals surface area contributed by atoms with Crippen LogP contribution in [0.1, 0.15) is 24.1 Å². The molecule has 2 rings (SSSR count). The third kappa shape index (κ3) is 2.60. The molecule has 2 aromatic heterocycles. The molecule has 0 fully saturated rings. The highest BCUT2D eigenvalue weighted by Gasteiger charge is 2.15. The minimum Gasteiger partial charge on any atom is -0.383 e. The van der Waals surface area contributed by atoms with Gasteiger partial charge in [0.2, 0.25) is 0 Å². The fraction of sp³-hybridized carbons (Fsp3) is 0.231. The summed E-state index contributed by atoms with van der Waals surface area (Å²) in [5.74, 6) is 0.558. The normalized spacial score (nSPS) is 12.3. The summed E-state index contributed by atoms with van der Waals surface area (Å²) >= 11 is 0. The van der Waals surface area contributed by atoms with E-state index in [0.29, 0.717) is 5.82 Å². The van der Waals surface area contributed by atoms with E-state index >= 15 is 0 Å². The largest absolute Gasteiger partial charge is 0.383 e. The first-order chi connectivity index (χ1) is 8.33. The van der Waals surface area contributed by atoms with E-state index in [4.69, 9.17) is 5.73 Å². The van der Waals surface area contributed by atoms with Crippen LogP contribution in [0.15, 0.2) is 42.9 Å². The molecule has 2 heterocycles. The molecule has 4 nitrogen and oxygen atoms in total. The van der Waals surface area contributed by atoms with Gasteiger partial charge in [-0.3, -0.25) is 4.98 Å². The van der Waals surface area contributed by atoms with Gasteiger partial charge in [-0.25, -0.2) is 4.98 Å². The molecule has 2 aromatic rings. The highest BCUT2D eigenvalue weighted by molar-refractivity contribution is 5.45. The molecule has 0 aromatic carbocycles. The Morgan fingerprint density at radius 1 is 1.29 bits per heavy atom. The van der Waals surface area contributed by atoms with Crippen LogP contribution in [0.4, 0.5) is 5.82 Å². The molecule has 0 aliphatic heterocycles. The molecule has 0 bridgehead atoms. The van der Waals surface area contributed by atoms with Crippen LogP contribution in [-0.2, 0) is 0 Å². The standard InChI is InChI=1S/C13H16N4/c1-2-16-12(10-5-3-7-15-9-10)11-6-4-8-17-13(11)14/h3-9,12,16H,2H2,1H3,(H2,14,17). The van der Waals surface area contributed by atoms with Gasteiger partial charge in [-0.05, 0) is 24.2 Å². The zero-order chi connectivity index (χ0) is 12.1. The van der Waals surface area contributed by atoms with Crippen molar-refractivity contribution in [1.29, 1.82) is 0 Å². The predicted octanol–water partition coefficient (Wildman–Crippen LogP) is 1.76. The van der Waals surface area contributed by atoms with Crippen LogP contribution in [0.3, 0.4) is 0 Å². The van der Waals surface area contributed by atoms with E-state index in [1.807, 2.05) is 30.5 Å². The van der Waals surface area contributed by atoms with Crippen molar-refractivity contribution in [3.8, 4) is 0 Å². The van der Waals surface area contributed by atoms with Crippen molar-refractivity contribution in [2.24, 2.45) is 0 Å². The lowest BCUT2D eigenvalue weighted by Crippen LogP contribution is -2.23. The molecule has 0 saturated heterocycles. The molecule has 3 N–H and O–H groups in total. The van der Waals surface area contributed by atoms with E-state index in [1.165, 1.54) is 0 Å². The van der Waals surface area contributed by atoms with Gasteiger partial charge in [-0.15, -0.1) is 0 Å². The number of nitrogen functional groups attached to an aromatic ring is 1. The van der Waals surface area contributed by atoms with Gasteiger partial charge < -0.3 is 11.1 Å². The summed E-state index contributed by atoms with van der Waals surface area (Å²) in [4.78, 5) is 8.27. The van der Waals surface area contributed by atoms with Gasteiger partial charge in [0.25, 0.3) is 0 Å². The molecule has 1 unspecified atom stereocenters. The molecular weight excluding hydrogens is 212 g/mol. The number of anilines is 1. The first kappa shape index (κ1) is 11.5. The number of nitrogens with two attached hydrogens (primary N) is 1. The summed E-state index contributed by atoms with van der Waals surface area (Å²) in [7, 11) is 0. The highest BCUT2D eigenvalue weighted by atomic mass is 14.9. The number of nitrogens with zero attached hydrogens (tertiary/aromatic N) is 2. The Morgan fingerprint density at radius 2 is 2.12 bits per heavy atom. The van der Waals surface area contributed by atoms with Gasteiger partial charge in [-0.2, -0.15) is 0 Å². The maximum Gasteiger partial charge on any atom is 0.128 e. The molecule has 0 aliphatic carbocycles. The molecular formula is C13H16N4. The van der Waals surface area contributed by atoms with Crippen molar-refractivity contribution in [2.45, 2.75) is 13.0 Å². The Kier molecular flexibility index (Phi) is 3.67. The van der Waals surface area contributed by atoms with E-state index in [1.54, 1.807) is 12.4 Å². The highest BCUT2D eigenvalue weighted by Crippen LogP contribution is 2.24. The van der Waals surface area contributed by atoms with Crippen molar-refractivity contribution in [3.63, 3.8) is 0 Å². The maximum atomic E-state index is 5.92. The summed E-state index contributed by atoms with van der Waals surface area (Å²) in [5.41, 5.74) is 8.00. The predicted molar refractivity (Wildman–Crippen MR) is 68.4 cm³/mol. The van der Waals surface area contributed by atoms with Crippen LogP contribution in [0, 0.1) is 0 Å². The summed E-state index contributed by atoms with van der Waals surface area (Å²) in [6, 6.07) is 7.89. The summed E-state index contributed by atoms with van der Waals surface area (Å²) < 4.78 is 0. The number of aromatic nitrogens is 2. The molecule has 4 heteroatoms. The van der Waals surface area contributed by atoms with Crippen molar-refractivity contribution in [3.05, 3.63) is 54.0 Å². The van der Waals surface area contributed by atoms with E-state index < -0.39 is 0 Å². The quantitative estimate of drug-likeness (QED) is 0.837. The average molecular weight is 228 g/mol. The van der Waals surface area contributed by atoms with Crippen LogP contribution in [0.5, 0.6) is 0 Å². The summed E-state index contributed by atoms with van der Waals surface area (Å²) in [6.45, 7) is 2.92. The first-order valence-electron chi connectivity index (χ1n) is 5.66. The fourth-order valence-corrected chi connectivity index (χ4v) is 1.83. The molecule has 0 saturated carbocycles. The Bertz CT molecular complexity index is 470. The van der Waals surface area contributed by atoms with Crippen LogP contribution >= 0.6 is 0 Å². The van der Waals surface area contributed by atoms with E-state index in [-0.39, 0.29) is 6.04 Å². The van der Waals surface area contributed by atoms with Crippen LogP contribution in [0.25, 0.3) is 0 Å². The number of rotatable bonds is 4. The van der Waals surface area contributed by atoms with E-state index in [2.05, 4.69) is 22.2 Å². The summed E-state index contributed by atoms with van der Waals surface area (Å²) in [5, 5.41) is 3.40. The van der Waals surface area contributed by atoms with Crippen molar-refractivity contribution in [2.75, 3.05) is 12.3 Å². The SMILES string of the molecule is CCNC(c1cccnc1)c1cccnc1N. The number of hydrogen-bond donors (Lipinski definition) is 2. The molecule has 88 valence electrons. The van der Waals surface area contributed by atoms with Crippen molar-refractivity contribution < 1.29 is 0 Å². The molecule has 1 atom stereocenters. The van der Waals surface area contributed by atoms with Crippen LogP contribution in [-0.4, -0.2) is 16.5 Å². The molecule has 0 radical (unpaired) electrons. The lowest BCUT2D eigenvalue weighted by Gasteiger charge is -2.19. The smallest absolute Gasteiger partial charge is 0.128 e. The minimum absolute atomic E-state index is 0.0439. The minimum atomic E-state index is 0.0439. The summed E-state index contributed by atoms with van der Waals surface area (Å²) in [6.07, 6.45) is 5.31. The van der Waals surface area contributed by atoms with Gasteiger partial charge in [0.1, 0.15) is 5.82 Å². The second kappa shape index (κ2) is 5.41. The molecule has 17 heavy (non-hydrogen) atoms. The third-order valence-electron chi connectivity index (χ3n) is 2.61.